The van der Waals surface area contributed by atoms with Gasteiger partial charge in [0.2, 0.25) is 5.91 Å². The summed E-state index contributed by atoms with van der Waals surface area (Å²) < 4.78 is 0. The van der Waals surface area contributed by atoms with Gasteiger partial charge in [0, 0.05) is 18.9 Å². The first-order valence-corrected chi connectivity index (χ1v) is 4.08. The van der Waals surface area contributed by atoms with Gasteiger partial charge in [0.05, 0.1) is 6.54 Å². The third-order valence-electron chi connectivity index (χ3n) is 2.27. The van der Waals surface area contributed by atoms with Crippen molar-refractivity contribution in [3.05, 3.63) is 0 Å². The molecule has 0 N–H and O–H groups in total. The maximum atomic E-state index is 11.2. The molecule has 0 radical (unpaired) electrons. The van der Waals surface area contributed by atoms with Crippen molar-refractivity contribution in [1.82, 2.24) is 4.90 Å². The van der Waals surface area contributed by atoms with E-state index < -0.39 is 0 Å². The highest BCUT2D eigenvalue weighted by Crippen LogP contribution is 2.28. The molecular weight excluding hydrogens is 142 g/mol. The predicted molar refractivity (Wildman–Crippen MR) is 39.0 cm³/mol. The van der Waals surface area contributed by atoms with E-state index in [1.54, 1.807) is 4.90 Å². The van der Waals surface area contributed by atoms with E-state index in [0.29, 0.717) is 25.4 Å². The number of carbonyl (C=O) groups excluding carboxylic acids is 2. The molecule has 0 bridgehead atoms. The van der Waals surface area contributed by atoms with Crippen molar-refractivity contribution in [2.45, 2.75) is 31.7 Å². The summed E-state index contributed by atoms with van der Waals surface area (Å²) in [5.74, 6) is 0.392. The van der Waals surface area contributed by atoms with Gasteiger partial charge in [0.15, 0.2) is 5.78 Å². The van der Waals surface area contributed by atoms with Crippen molar-refractivity contribution in [2.24, 2.45) is 0 Å². The highest BCUT2D eigenvalue weighted by molar-refractivity contribution is 5.93. The van der Waals surface area contributed by atoms with Crippen LogP contribution in [-0.2, 0) is 9.59 Å². The van der Waals surface area contributed by atoms with Crippen molar-refractivity contribution in [3.8, 4) is 0 Å². The van der Waals surface area contributed by atoms with E-state index in [2.05, 4.69) is 0 Å². The Morgan fingerprint density at radius 1 is 1.18 bits per heavy atom. The van der Waals surface area contributed by atoms with Crippen molar-refractivity contribution in [2.75, 3.05) is 6.54 Å². The predicted octanol–water partition coefficient (Wildman–Crippen LogP) is 0.340. The van der Waals surface area contributed by atoms with E-state index >= 15 is 0 Å². The van der Waals surface area contributed by atoms with E-state index in [0.717, 1.165) is 12.8 Å². The monoisotopic (exact) mass is 153 g/mol. The third kappa shape index (κ3) is 1.27. The number of carbonyl (C=O) groups is 2. The molecule has 0 aromatic rings. The summed E-state index contributed by atoms with van der Waals surface area (Å²) in [5, 5.41) is 0. The molecule has 3 heteroatoms. The Labute approximate surface area is 65.4 Å². The summed E-state index contributed by atoms with van der Waals surface area (Å²) in [5.41, 5.74) is 0. The summed E-state index contributed by atoms with van der Waals surface area (Å²) in [4.78, 5) is 23.9. The van der Waals surface area contributed by atoms with Crippen molar-refractivity contribution < 1.29 is 9.59 Å². The first kappa shape index (κ1) is 6.83. The van der Waals surface area contributed by atoms with Crippen LogP contribution in [-0.4, -0.2) is 29.2 Å². The van der Waals surface area contributed by atoms with E-state index in [1.807, 2.05) is 0 Å². The zero-order chi connectivity index (χ0) is 7.84. The van der Waals surface area contributed by atoms with Gasteiger partial charge >= 0.3 is 0 Å². The summed E-state index contributed by atoms with van der Waals surface area (Å²) in [6.45, 7) is 0.378. The fourth-order valence-corrected chi connectivity index (χ4v) is 1.47. The Bertz CT molecular complexity index is 208. The van der Waals surface area contributed by atoms with E-state index in [1.165, 1.54) is 0 Å². The minimum absolute atomic E-state index is 0.173. The van der Waals surface area contributed by atoms with Crippen LogP contribution in [0.3, 0.4) is 0 Å². The second-order valence-corrected chi connectivity index (χ2v) is 3.29. The molecule has 2 fully saturated rings. The van der Waals surface area contributed by atoms with Crippen LogP contribution in [0, 0.1) is 0 Å². The zero-order valence-corrected chi connectivity index (χ0v) is 6.38. The number of Topliss-reactive ketones (excluding diaryl/α,β-unsaturated/α-hetero) is 1. The lowest BCUT2D eigenvalue weighted by atomic mass is 10.1. The first-order valence-electron chi connectivity index (χ1n) is 4.08. The minimum atomic E-state index is 0.173. The van der Waals surface area contributed by atoms with E-state index in [4.69, 9.17) is 0 Å². The molecule has 1 heterocycles. The molecule has 0 unspecified atom stereocenters. The number of likely N-dealkylation sites (tertiary alicyclic amines) is 1. The molecule has 3 nitrogen and oxygen atoms in total. The standard InChI is InChI=1S/C8H11NO2/c10-7-3-4-8(11)9(5-7)6-1-2-6/h6H,1-5H2. The Morgan fingerprint density at radius 2 is 1.91 bits per heavy atom. The fourth-order valence-electron chi connectivity index (χ4n) is 1.47. The average molecular weight is 153 g/mol. The lowest BCUT2D eigenvalue weighted by Gasteiger charge is -2.25. The Morgan fingerprint density at radius 3 is 2.55 bits per heavy atom. The summed E-state index contributed by atoms with van der Waals surface area (Å²) >= 11 is 0. The van der Waals surface area contributed by atoms with E-state index in [9.17, 15) is 9.59 Å². The number of amides is 1. The number of ketones is 1. The Hall–Kier alpha value is -0.860. The van der Waals surface area contributed by atoms with Crippen LogP contribution in [0.2, 0.25) is 0 Å². The second kappa shape index (κ2) is 2.32. The quantitative estimate of drug-likeness (QED) is 0.544. The average Bonchev–Trinajstić information content (AvgIpc) is 2.76. The molecule has 0 atom stereocenters. The normalized spacial score (nSPS) is 26.0. The van der Waals surface area contributed by atoms with Gasteiger partial charge in [-0.15, -0.1) is 0 Å². The van der Waals surface area contributed by atoms with Gasteiger partial charge in [-0.3, -0.25) is 9.59 Å². The highest BCUT2D eigenvalue weighted by atomic mass is 16.2. The van der Waals surface area contributed by atoms with Crippen LogP contribution >= 0.6 is 0 Å². The maximum Gasteiger partial charge on any atom is 0.223 e. The second-order valence-electron chi connectivity index (χ2n) is 3.29. The summed E-state index contributed by atoms with van der Waals surface area (Å²) in [7, 11) is 0. The van der Waals surface area contributed by atoms with Crippen LogP contribution < -0.4 is 0 Å². The molecule has 1 amide bonds. The maximum absolute atomic E-state index is 11.2. The molecular formula is C8H11NO2. The van der Waals surface area contributed by atoms with Crippen LogP contribution in [0.4, 0.5) is 0 Å². The van der Waals surface area contributed by atoms with Crippen molar-refractivity contribution in [3.63, 3.8) is 0 Å². The molecule has 1 aliphatic carbocycles. The number of piperidine rings is 1. The summed E-state index contributed by atoms with van der Waals surface area (Å²) in [6, 6.07) is 0.409. The molecule has 2 rings (SSSR count). The van der Waals surface area contributed by atoms with Gasteiger partial charge < -0.3 is 4.90 Å². The van der Waals surface area contributed by atoms with Crippen LogP contribution in [0.1, 0.15) is 25.7 Å². The van der Waals surface area contributed by atoms with Crippen LogP contribution in [0.5, 0.6) is 0 Å². The van der Waals surface area contributed by atoms with Gasteiger partial charge in [0.25, 0.3) is 0 Å². The van der Waals surface area contributed by atoms with Crippen LogP contribution in [0.25, 0.3) is 0 Å². The first-order chi connectivity index (χ1) is 5.27. The topological polar surface area (TPSA) is 37.4 Å². The highest BCUT2D eigenvalue weighted by Gasteiger charge is 2.35. The number of hydrogen-bond donors (Lipinski definition) is 0. The lowest BCUT2D eigenvalue weighted by Crippen LogP contribution is -2.41. The van der Waals surface area contributed by atoms with Gasteiger partial charge in [-0.1, -0.05) is 0 Å². The van der Waals surface area contributed by atoms with Gasteiger partial charge in [0.1, 0.15) is 0 Å². The Balaban J connectivity index is 2.03. The van der Waals surface area contributed by atoms with Crippen molar-refractivity contribution >= 4 is 11.7 Å². The zero-order valence-electron chi connectivity index (χ0n) is 6.38. The Kier molecular flexibility index (Phi) is 1.44. The number of nitrogens with zero attached hydrogens (tertiary/aromatic N) is 1. The SMILES string of the molecule is O=C1CCC(=O)N(C2CC2)C1. The van der Waals surface area contributed by atoms with Gasteiger partial charge in [-0.05, 0) is 12.8 Å². The summed E-state index contributed by atoms with van der Waals surface area (Å²) in [6.07, 6.45) is 3.09. The smallest absolute Gasteiger partial charge is 0.223 e. The molecule has 60 valence electrons. The largest absolute Gasteiger partial charge is 0.332 e. The molecule has 1 saturated carbocycles. The molecule has 0 spiro atoms. The third-order valence-corrected chi connectivity index (χ3v) is 2.27. The molecule has 1 aliphatic heterocycles. The van der Waals surface area contributed by atoms with Gasteiger partial charge in [-0.2, -0.15) is 0 Å². The van der Waals surface area contributed by atoms with E-state index in [-0.39, 0.29) is 11.7 Å². The van der Waals surface area contributed by atoms with Crippen molar-refractivity contribution in [1.29, 1.82) is 0 Å². The minimum Gasteiger partial charge on any atom is -0.332 e. The fraction of sp³-hybridized carbons (Fsp3) is 0.750. The number of rotatable bonds is 1. The molecule has 0 aromatic heterocycles. The number of hydrogen-bond acceptors (Lipinski definition) is 2. The molecule has 1 saturated heterocycles. The lowest BCUT2D eigenvalue weighted by molar-refractivity contribution is -0.140. The molecule has 11 heavy (non-hydrogen) atoms. The molecule has 0 aromatic carbocycles. The van der Waals surface area contributed by atoms with Gasteiger partial charge in [-0.25, -0.2) is 0 Å². The van der Waals surface area contributed by atoms with Crippen LogP contribution in [0.15, 0.2) is 0 Å². The molecule has 2 aliphatic rings.